The molecule has 1 aliphatic heterocycles. The van der Waals surface area contributed by atoms with Crippen LogP contribution in [0.5, 0.6) is 0 Å². The highest BCUT2D eigenvalue weighted by Gasteiger charge is 2.33. The SMILES string of the molecule is O=S1(=O)CCCCC1c1nnc2ccc(Cl)cn12. The monoisotopic (exact) mass is 285 g/mol. The van der Waals surface area contributed by atoms with E-state index in [0.29, 0.717) is 22.9 Å². The second kappa shape index (κ2) is 4.20. The Balaban J connectivity index is 2.16. The van der Waals surface area contributed by atoms with Gasteiger partial charge in [0, 0.05) is 6.20 Å². The van der Waals surface area contributed by atoms with Crippen LogP contribution in [-0.2, 0) is 9.84 Å². The molecule has 0 aliphatic carbocycles. The number of halogens is 1. The summed E-state index contributed by atoms with van der Waals surface area (Å²) in [4.78, 5) is 0. The normalized spacial score (nSPS) is 23.3. The number of rotatable bonds is 1. The molecule has 5 nitrogen and oxygen atoms in total. The first-order chi connectivity index (χ1) is 8.58. The molecule has 0 aromatic carbocycles. The summed E-state index contributed by atoms with van der Waals surface area (Å²) in [6.45, 7) is 0. The molecule has 1 unspecified atom stereocenters. The summed E-state index contributed by atoms with van der Waals surface area (Å²) < 4.78 is 25.9. The third kappa shape index (κ3) is 1.89. The zero-order chi connectivity index (χ0) is 12.8. The Hall–Kier alpha value is -1.14. The van der Waals surface area contributed by atoms with E-state index in [1.807, 2.05) is 0 Å². The fourth-order valence-electron chi connectivity index (χ4n) is 2.35. The van der Waals surface area contributed by atoms with Gasteiger partial charge in [-0.15, -0.1) is 10.2 Å². The molecule has 96 valence electrons. The highest BCUT2D eigenvalue weighted by molar-refractivity contribution is 7.91. The van der Waals surface area contributed by atoms with Gasteiger partial charge in [-0.3, -0.25) is 4.40 Å². The van der Waals surface area contributed by atoms with E-state index in [4.69, 9.17) is 11.6 Å². The minimum Gasteiger partial charge on any atom is -0.284 e. The number of nitrogens with zero attached hydrogens (tertiary/aromatic N) is 3. The van der Waals surface area contributed by atoms with Gasteiger partial charge >= 0.3 is 0 Å². The van der Waals surface area contributed by atoms with Crippen LogP contribution in [0.3, 0.4) is 0 Å². The summed E-state index contributed by atoms with van der Waals surface area (Å²) in [6.07, 6.45) is 3.90. The fourth-order valence-corrected chi connectivity index (χ4v) is 4.41. The fraction of sp³-hybridized carbons (Fsp3) is 0.455. The van der Waals surface area contributed by atoms with Crippen molar-refractivity contribution in [3.05, 3.63) is 29.2 Å². The second-order valence-corrected chi connectivity index (χ2v) is 7.22. The number of pyridine rings is 1. The average Bonchev–Trinajstić information content (AvgIpc) is 2.71. The second-order valence-electron chi connectivity index (χ2n) is 4.49. The number of fused-ring (bicyclic) bond motifs is 1. The summed E-state index contributed by atoms with van der Waals surface area (Å²) in [5, 5.41) is 8.00. The number of hydrogen-bond acceptors (Lipinski definition) is 4. The van der Waals surface area contributed by atoms with Gasteiger partial charge in [-0.2, -0.15) is 0 Å². The van der Waals surface area contributed by atoms with E-state index in [-0.39, 0.29) is 5.75 Å². The minimum absolute atomic E-state index is 0.229. The molecule has 1 atom stereocenters. The standard InChI is InChI=1S/C11H12ClN3O2S/c12-8-4-5-10-13-14-11(15(10)7-8)9-3-1-2-6-18(9,16)17/h4-5,7,9H,1-3,6H2. The van der Waals surface area contributed by atoms with E-state index in [9.17, 15) is 8.42 Å². The molecule has 0 amide bonds. The minimum atomic E-state index is -3.12. The molecule has 0 saturated carbocycles. The molecule has 1 fully saturated rings. The van der Waals surface area contributed by atoms with Crippen molar-refractivity contribution in [2.75, 3.05) is 5.75 Å². The molecular weight excluding hydrogens is 274 g/mol. The van der Waals surface area contributed by atoms with E-state index in [1.54, 1.807) is 22.7 Å². The predicted molar refractivity (Wildman–Crippen MR) is 68.4 cm³/mol. The van der Waals surface area contributed by atoms with E-state index >= 15 is 0 Å². The lowest BCUT2D eigenvalue weighted by Gasteiger charge is -2.20. The Morgan fingerprint density at radius 2 is 2.11 bits per heavy atom. The van der Waals surface area contributed by atoms with Crippen LogP contribution in [0.2, 0.25) is 5.02 Å². The lowest BCUT2D eigenvalue weighted by molar-refractivity contribution is 0.537. The van der Waals surface area contributed by atoms with Crippen LogP contribution >= 0.6 is 11.6 Å². The third-order valence-corrected chi connectivity index (χ3v) is 5.65. The van der Waals surface area contributed by atoms with E-state index in [0.717, 1.165) is 12.8 Å². The molecule has 0 N–H and O–H groups in total. The Kier molecular flexibility index (Phi) is 2.79. The Morgan fingerprint density at radius 1 is 1.28 bits per heavy atom. The lowest BCUT2D eigenvalue weighted by Crippen LogP contribution is -2.23. The predicted octanol–water partition coefficient (Wildman–Crippen LogP) is 2.02. The van der Waals surface area contributed by atoms with Gasteiger partial charge in [0.2, 0.25) is 0 Å². The van der Waals surface area contributed by atoms with Gasteiger partial charge in [0.15, 0.2) is 21.3 Å². The molecule has 18 heavy (non-hydrogen) atoms. The molecule has 3 rings (SSSR count). The van der Waals surface area contributed by atoms with Crippen molar-refractivity contribution >= 4 is 27.1 Å². The highest BCUT2D eigenvalue weighted by atomic mass is 35.5. The highest BCUT2D eigenvalue weighted by Crippen LogP contribution is 2.32. The van der Waals surface area contributed by atoms with Crippen LogP contribution in [0, 0.1) is 0 Å². The van der Waals surface area contributed by atoms with E-state index in [1.165, 1.54) is 0 Å². The van der Waals surface area contributed by atoms with Crippen molar-refractivity contribution in [2.24, 2.45) is 0 Å². The number of sulfone groups is 1. The van der Waals surface area contributed by atoms with Crippen molar-refractivity contribution in [1.29, 1.82) is 0 Å². The molecule has 0 radical (unpaired) electrons. The van der Waals surface area contributed by atoms with Crippen molar-refractivity contribution in [2.45, 2.75) is 24.5 Å². The van der Waals surface area contributed by atoms with Crippen LogP contribution in [0.15, 0.2) is 18.3 Å². The summed E-state index contributed by atoms with van der Waals surface area (Å²) in [5.41, 5.74) is 0.621. The van der Waals surface area contributed by atoms with Gasteiger partial charge in [-0.25, -0.2) is 8.42 Å². The van der Waals surface area contributed by atoms with Gasteiger partial charge in [-0.1, -0.05) is 18.0 Å². The van der Waals surface area contributed by atoms with Crippen molar-refractivity contribution in [3.63, 3.8) is 0 Å². The van der Waals surface area contributed by atoms with Crippen molar-refractivity contribution in [1.82, 2.24) is 14.6 Å². The largest absolute Gasteiger partial charge is 0.284 e. The molecule has 3 heterocycles. The zero-order valence-electron chi connectivity index (χ0n) is 9.58. The molecule has 1 aliphatic rings. The van der Waals surface area contributed by atoms with Gasteiger partial charge in [0.1, 0.15) is 5.25 Å². The van der Waals surface area contributed by atoms with Crippen LogP contribution in [0.25, 0.3) is 5.65 Å². The summed E-state index contributed by atoms with van der Waals surface area (Å²) in [6, 6.07) is 3.44. The lowest BCUT2D eigenvalue weighted by atomic mass is 10.2. The smallest absolute Gasteiger partial charge is 0.160 e. The summed E-state index contributed by atoms with van der Waals surface area (Å²) in [5.74, 6) is 0.708. The Morgan fingerprint density at radius 3 is 2.89 bits per heavy atom. The maximum absolute atomic E-state index is 12.1. The Bertz CT molecular complexity index is 695. The third-order valence-electron chi connectivity index (χ3n) is 3.26. The molecule has 7 heteroatoms. The van der Waals surface area contributed by atoms with Crippen LogP contribution in [-0.4, -0.2) is 28.8 Å². The number of aromatic nitrogens is 3. The molecule has 0 bridgehead atoms. The first kappa shape index (κ1) is 11.9. The quantitative estimate of drug-likeness (QED) is 0.804. The maximum atomic E-state index is 12.1. The average molecular weight is 286 g/mol. The molecule has 1 saturated heterocycles. The summed E-state index contributed by atoms with van der Waals surface area (Å²) >= 11 is 5.93. The van der Waals surface area contributed by atoms with Crippen LogP contribution in [0.1, 0.15) is 30.3 Å². The van der Waals surface area contributed by atoms with Gasteiger partial charge < -0.3 is 0 Å². The zero-order valence-corrected chi connectivity index (χ0v) is 11.2. The van der Waals surface area contributed by atoms with Crippen molar-refractivity contribution in [3.8, 4) is 0 Å². The van der Waals surface area contributed by atoms with Crippen LogP contribution in [0.4, 0.5) is 0 Å². The number of hydrogen-bond donors (Lipinski definition) is 0. The first-order valence-corrected chi connectivity index (χ1v) is 7.89. The van der Waals surface area contributed by atoms with Gasteiger partial charge in [0.05, 0.1) is 10.8 Å². The summed E-state index contributed by atoms with van der Waals surface area (Å²) in [7, 11) is -3.12. The topological polar surface area (TPSA) is 64.3 Å². The molecule has 0 spiro atoms. The first-order valence-electron chi connectivity index (χ1n) is 5.80. The van der Waals surface area contributed by atoms with Crippen LogP contribution < -0.4 is 0 Å². The van der Waals surface area contributed by atoms with E-state index in [2.05, 4.69) is 10.2 Å². The van der Waals surface area contributed by atoms with Gasteiger partial charge in [-0.05, 0) is 25.0 Å². The molecule has 2 aromatic heterocycles. The molecule has 2 aromatic rings. The molecular formula is C11H12ClN3O2S. The van der Waals surface area contributed by atoms with E-state index < -0.39 is 15.1 Å². The van der Waals surface area contributed by atoms with Gasteiger partial charge in [0.25, 0.3) is 0 Å². The van der Waals surface area contributed by atoms with Crippen molar-refractivity contribution < 1.29 is 8.42 Å². The Labute approximate surface area is 110 Å². The maximum Gasteiger partial charge on any atom is 0.160 e.